The maximum atomic E-state index is 12.7. The van der Waals surface area contributed by atoms with Crippen LogP contribution in [0.3, 0.4) is 0 Å². The van der Waals surface area contributed by atoms with Gasteiger partial charge in [0.25, 0.3) is 0 Å². The second kappa shape index (κ2) is 12.3. The van der Waals surface area contributed by atoms with E-state index in [1.165, 1.54) is 0 Å². The van der Waals surface area contributed by atoms with Gasteiger partial charge in [-0.1, -0.05) is 72.3 Å². The molecule has 0 fully saturated rings. The second-order valence-corrected chi connectivity index (χ2v) is 7.54. The largest absolute Gasteiger partial charge is 0.461 e. The number of benzene rings is 3. The topological polar surface area (TPSA) is 93.7 Å². The highest BCUT2D eigenvalue weighted by molar-refractivity contribution is 6.30. The third-order valence-corrected chi connectivity index (χ3v) is 4.78. The van der Waals surface area contributed by atoms with Crippen molar-refractivity contribution in [1.82, 2.24) is 5.32 Å². The van der Waals surface area contributed by atoms with Crippen LogP contribution in [0.25, 0.3) is 0 Å². The van der Waals surface area contributed by atoms with Crippen molar-refractivity contribution in [2.75, 3.05) is 5.32 Å². The Bertz CT molecular complexity index is 1060. The lowest BCUT2D eigenvalue weighted by molar-refractivity contribution is -0.153. The fourth-order valence-electron chi connectivity index (χ4n) is 2.84. The maximum absolute atomic E-state index is 12.7. The van der Waals surface area contributed by atoms with Crippen molar-refractivity contribution < 1.29 is 23.9 Å². The van der Waals surface area contributed by atoms with Gasteiger partial charge in [0, 0.05) is 10.7 Å². The Morgan fingerprint density at radius 3 is 1.88 bits per heavy atom. The molecule has 3 aromatic rings. The van der Waals surface area contributed by atoms with Crippen LogP contribution in [-0.4, -0.2) is 24.0 Å². The van der Waals surface area contributed by atoms with Crippen LogP contribution in [0.2, 0.25) is 5.02 Å². The average Bonchev–Trinajstić information content (AvgIpc) is 2.83. The predicted molar refractivity (Wildman–Crippen MR) is 124 cm³/mol. The molecule has 0 aliphatic rings. The van der Waals surface area contributed by atoms with Gasteiger partial charge in [0.1, 0.15) is 19.3 Å². The Balaban J connectivity index is 1.60. The molecule has 0 aliphatic carbocycles. The molecule has 0 bridgehead atoms. The molecule has 0 saturated heterocycles. The zero-order valence-corrected chi connectivity index (χ0v) is 18.5. The van der Waals surface area contributed by atoms with Crippen LogP contribution in [0.5, 0.6) is 0 Å². The van der Waals surface area contributed by atoms with Crippen LogP contribution in [0.4, 0.5) is 10.5 Å². The van der Waals surface area contributed by atoms with Crippen LogP contribution < -0.4 is 10.6 Å². The number of nitrogens with one attached hydrogen (secondary N) is 2. The minimum atomic E-state index is -1.23. The lowest BCUT2D eigenvalue weighted by Crippen LogP contribution is -2.45. The molecule has 2 N–H and O–H groups in total. The molecule has 0 saturated carbocycles. The Morgan fingerprint density at radius 1 is 0.758 bits per heavy atom. The molecule has 8 heteroatoms. The van der Waals surface area contributed by atoms with Gasteiger partial charge in [0.2, 0.25) is 0 Å². The summed E-state index contributed by atoms with van der Waals surface area (Å²) in [5.41, 5.74) is 2.06. The van der Waals surface area contributed by atoms with Crippen LogP contribution in [0.15, 0.2) is 84.9 Å². The first-order chi connectivity index (χ1) is 16.0. The number of urea groups is 1. The van der Waals surface area contributed by atoms with E-state index in [9.17, 15) is 14.4 Å². The third kappa shape index (κ3) is 8.31. The molecular weight excluding hydrogens is 444 g/mol. The minimum absolute atomic E-state index is 0.00964. The van der Waals surface area contributed by atoms with E-state index in [4.69, 9.17) is 21.1 Å². The van der Waals surface area contributed by atoms with E-state index in [2.05, 4.69) is 10.6 Å². The number of halogens is 1. The monoisotopic (exact) mass is 466 g/mol. The van der Waals surface area contributed by atoms with Gasteiger partial charge in [-0.2, -0.15) is 0 Å². The van der Waals surface area contributed by atoms with E-state index in [1.54, 1.807) is 36.4 Å². The van der Waals surface area contributed by atoms with Gasteiger partial charge in [-0.25, -0.2) is 9.59 Å². The first-order valence-corrected chi connectivity index (χ1v) is 10.6. The highest BCUT2D eigenvalue weighted by Gasteiger charge is 2.26. The SMILES string of the molecule is O=C(Nc1ccc(Cl)cc1)N[C@@H](CC(=O)OCc1ccccc1)C(=O)OCc1ccccc1. The first kappa shape index (κ1) is 23.8. The number of hydrogen-bond donors (Lipinski definition) is 2. The number of amides is 2. The number of anilines is 1. The Labute approximate surface area is 196 Å². The molecular formula is C25H23ClN2O5. The molecule has 170 valence electrons. The van der Waals surface area contributed by atoms with Gasteiger partial charge < -0.3 is 20.1 Å². The lowest BCUT2D eigenvalue weighted by Gasteiger charge is -2.18. The van der Waals surface area contributed by atoms with Crippen molar-refractivity contribution in [3.05, 3.63) is 101 Å². The van der Waals surface area contributed by atoms with Crippen LogP contribution in [-0.2, 0) is 32.3 Å². The van der Waals surface area contributed by atoms with Crippen LogP contribution in [0, 0.1) is 0 Å². The number of ether oxygens (including phenoxy) is 2. The van der Waals surface area contributed by atoms with E-state index >= 15 is 0 Å². The molecule has 2 amide bonds. The maximum Gasteiger partial charge on any atom is 0.329 e. The summed E-state index contributed by atoms with van der Waals surface area (Å²) in [5.74, 6) is -1.39. The molecule has 0 unspecified atom stereocenters. The fraction of sp³-hybridized carbons (Fsp3) is 0.160. The standard InChI is InChI=1S/C25H23ClN2O5/c26-20-11-13-21(14-12-20)27-25(31)28-22(24(30)33-17-19-9-5-2-6-10-19)15-23(29)32-16-18-7-3-1-4-8-18/h1-14,22H,15-17H2,(H2,27,28,31)/t22-/m0/s1. The Morgan fingerprint density at radius 2 is 1.30 bits per heavy atom. The highest BCUT2D eigenvalue weighted by Crippen LogP contribution is 2.13. The van der Waals surface area contributed by atoms with E-state index in [1.807, 2.05) is 48.5 Å². The zero-order valence-electron chi connectivity index (χ0n) is 17.7. The quantitative estimate of drug-likeness (QED) is 0.445. The van der Waals surface area contributed by atoms with Crippen molar-refractivity contribution in [2.45, 2.75) is 25.7 Å². The van der Waals surface area contributed by atoms with Crippen LogP contribution in [0.1, 0.15) is 17.5 Å². The lowest BCUT2D eigenvalue weighted by atomic mass is 10.2. The molecule has 0 heterocycles. The van der Waals surface area contributed by atoms with Crippen molar-refractivity contribution in [1.29, 1.82) is 0 Å². The van der Waals surface area contributed by atoms with Gasteiger partial charge in [-0.05, 0) is 35.4 Å². The van der Waals surface area contributed by atoms with Gasteiger partial charge in [0.05, 0.1) is 6.42 Å². The summed E-state index contributed by atoms with van der Waals surface area (Å²) in [6.45, 7) is 0.0676. The molecule has 3 aromatic carbocycles. The summed E-state index contributed by atoms with van der Waals surface area (Å²) >= 11 is 5.85. The molecule has 0 radical (unpaired) electrons. The summed E-state index contributed by atoms with van der Waals surface area (Å²) in [7, 11) is 0. The van der Waals surface area contributed by atoms with E-state index in [-0.39, 0.29) is 19.6 Å². The number of hydrogen-bond acceptors (Lipinski definition) is 5. The molecule has 0 aliphatic heterocycles. The molecule has 1 atom stereocenters. The second-order valence-electron chi connectivity index (χ2n) is 7.10. The van der Waals surface area contributed by atoms with Gasteiger partial charge in [-0.15, -0.1) is 0 Å². The minimum Gasteiger partial charge on any atom is -0.461 e. The number of rotatable bonds is 9. The summed E-state index contributed by atoms with van der Waals surface area (Å²) in [6.07, 6.45) is -0.380. The van der Waals surface area contributed by atoms with Crippen molar-refractivity contribution in [3.8, 4) is 0 Å². The van der Waals surface area contributed by atoms with E-state index < -0.39 is 24.0 Å². The fourth-order valence-corrected chi connectivity index (χ4v) is 2.97. The van der Waals surface area contributed by atoms with Crippen molar-refractivity contribution in [2.24, 2.45) is 0 Å². The van der Waals surface area contributed by atoms with E-state index in [0.29, 0.717) is 10.7 Å². The summed E-state index contributed by atoms with van der Waals surface area (Å²) in [5, 5.41) is 5.60. The zero-order chi connectivity index (χ0) is 23.5. The van der Waals surface area contributed by atoms with Gasteiger partial charge >= 0.3 is 18.0 Å². The Hall–Kier alpha value is -3.84. The number of esters is 2. The van der Waals surface area contributed by atoms with E-state index in [0.717, 1.165) is 11.1 Å². The third-order valence-electron chi connectivity index (χ3n) is 4.53. The summed E-state index contributed by atoms with van der Waals surface area (Å²) in [4.78, 5) is 37.5. The molecule has 0 spiro atoms. The highest BCUT2D eigenvalue weighted by atomic mass is 35.5. The molecule has 0 aromatic heterocycles. The number of carbonyl (C=O) groups excluding carboxylic acids is 3. The van der Waals surface area contributed by atoms with Crippen molar-refractivity contribution >= 4 is 35.3 Å². The molecule has 3 rings (SSSR count). The van der Waals surface area contributed by atoms with Crippen LogP contribution >= 0.6 is 11.6 Å². The average molecular weight is 467 g/mol. The summed E-state index contributed by atoms with van der Waals surface area (Å²) < 4.78 is 10.6. The summed E-state index contributed by atoms with van der Waals surface area (Å²) in [6, 6.07) is 22.8. The van der Waals surface area contributed by atoms with Gasteiger partial charge in [0.15, 0.2) is 0 Å². The normalized spacial score (nSPS) is 11.2. The molecule has 7 nitrogen and oxygen atoms in total. The molecule has 33 heavy (non-hydrogen) atoms. The van der Waals surface area contributed by atoms with Crippen molar-refractivity contribution in [3.63, 3.8) is 0 Å². The Kier molecular flexibility index (Phi) is 8.85. The predicted octanol–water partition coefficient (Wildman–Crippen LogP) is 4.71. The smallest absolute Gasteiger partial charge is 0.329 e. The van der Waals surface area contributed by atoms with Gasteiger partial charge in [-0.3, -0.25) is 4.79 Å². The first-order valence-electron chi connectivity index (χ1n) is 10.2. The number of carbonyl (C=O) groups is 3.